The monoisotopic (exact) mass is 213 g/mol. The molecule has 0 fully saturated rings. The van der Waals surface area contributed by atoms with E-state index < -0.39 is 5.60 Å². The fraction of sp³-hybridized carbons (Fsp3) is 0.800. The molecule has 0 saturated carbocycles. The summed E-state index contributed by atoms with van der Waals surface area (Å²) in [7, 11) is 1.61. The van der Waals surface area contributed by atoms with Gasteiger partial charge in [-0.1, -0.05) is 19.0 Å². The zero-order valence-corrected chi connectivity index (χ0v) is 9.94. The highest BCUT2D eigenvalue weighted by Gasteiger charge is 2.28. The van der Waals surface area contributed by atoms with Crippen molar-refractivity contribution in [2.24, 2.45) is 11.7 Å². The molecule has 0 aliphatic carbocycles. The van der Waals surface area contributed by atoms with Gasteiger partial charge in [0.2, 0.25) is 11.7 Å². The molecule has 0 bridgehead atoms. The number of aromatic nitrogens is 2. The van der Waals surface area contributed by atoms with Crippen molar-refractivity contribution in [3.05, 3.63) is 11.7 Å². The number of hydrogen-bond acceptors (Lipinski definition) is 5. The minimum atomic E-state index is -0.543. The summed E-state index contributed by atoms with van der Waals surface area (Å²) in [5.74, 6) is 1.25. The summed E-state index contributed by atoms with van der Waals surface area (Å²) in [6.07, 6.45) is 0. The van der Waals surface area contributed by atoms with E-state index in [0.29, 0.717) is 11.7 Å². The minimum Gasteiger partial charge on any atom is -0.371 e. The van der Waals surface area contributed by atoms with Crippen LogP contribution in [-0.4, -0.2) is 17.3 Å². The number of methoxy groups -OCH3 is 1. The number of nitrogens with two attached hydrogens (primary N) is 1. The first-order valence-electron chi connectivity index (χ1n) is 5.03. The van der Waals surface area contributed by atoms with Gasteiger partial charge in [-0.2, -0.15) is 4.98 Å². The summed E-state index contributed by atoms with van der Waals surface area (Å²) in [6.45, 7) is 7.77. The average Bonchev–Trinajstić information content (AvgIpc) is 2.65. The van der Waals surface area contributed by atoms with E-state index in [9.17, 15) is 0 Å². The van der Waals surface area contributed by atoms with Gasteiger partial charge in [0, 0.05) is 7.11 Å². The Balaban J connectivity index is 2.90. The fourth-order valence-corrected chi connectivity index (χ4v) is 0.992. The van der Waals surface area contributed by atoms with Crippen molar-refractivity contribution in [1.29, 1.82) is 0 Å². The van der Waals surface area contributed by atoms with Crippen LogP contribution in [-0.2, 0) is 10.3 Å². The van der Waals surface area contributed by atoms with Crippen molar-refractivity contribution in [2.45, 2.75) is 39.3 Å². The first kappa shape index (κ1) is 12.1. The zero-order valence-electron chi connectivity index (χ0n) is 9.94. The lowest BCUT2D eigenvalue weighted by Gasteiger charge is -2.17. The van der Waals surface area contributed by atoms with Crippen molar-refractivity contribution in [2.75, 3.05) is 7.11 Å². The van der Waals surface area contributed by atoms with Crippen LogP contribution in [0.5, 0.6) is 0 Å². The van der Waals surface area contributed by atoms with Crippen LogP contribution in [0.4, 0.5) is 0 Å². The van der Waals surface area contributed by atoms with Crippen LogP contribution < -0.4 is 5.73 Å². The lowest BCUT2D eigenvalue weighted by Crippen LogP contribution is -2.22. The Labute approximate surface area is 90.0 Å². The minimum absolute atomic E-state index is 0.223. The SMILES string of the molecule is COC(C)(C)c1noc([C@H](N)C(C)C)n1. The van der Waals surface area contributed by atoms with Crippen LogP contribution in [0, 0.1) is 5.92 Å². The maximum atomic E-state index is 5.90. The van der Waals surface area contributed by atoms with Gasteiger partial charge in [-0.25, -0.2) is 0 Å². The summed E-state index contributed by atoms with van der Waals surface area (Å²) in [6, 6.07) is -0.223. The normalized spacial score (nSPS) is 14.6. The molecular weight excluding hydrogens is 194 g/mol. The second kappa shape index (κ2) is 4.28. The van der Waals surface area contributed by atoms with Gasteiger partial charge in [0.05, 0.1) is 6.04 Å². The smallest absolute Gasteiger partial charge is 0.243 e. The zero-order chi connectivity index (χ0) is 11.6. The molecule has 1 atom stereocenters. The van der Waals surface area contributed by atoms with Crippen LogP contribution in [0.2, 0.25) is 0 Å². The van der Waals surface area contributed by atoms with Gasteiger partial charge in [-0.15, -0.1) is 0 Å². The Bertz CT molecular complexity index is 320. The van der Waals surface area contributed by atoms with Gasteiger partial charge in [0.1, 0.15) is 5.60 Å². The quantitative estimate of drug-likeness (QED) is 0.822. The van der Waals surface area contributed by atoms with Crippen molar-refractivity contribution in [3.63, 3.8) is 0 Å². The molecule has 0 aliphatic rings. The van der Waals surface area contributed by atoms with Gasteiger partial charge >= 0.3 is 0 Å². The van der Waals surface area contributed by atoms with Crippen molar-refractivity contribution >= 4 is 0 Å². The van der Waals surface area contributed by atoms with Crippen LogP contribution >= 0.6 is 0 Å². The van der Waals surface area contributed by atoms with E-state index in [1.54, 1.807) is 7.11 Å². The molecule has 1 aromatic heterocycles. The van der Waals surface area contributed by atoms with Crippen LogP contribution in [0.25, 0.3) is 0 Å². The second-order valence-corrected chi connectivity index (χ2v) is 4.44. The van der Waals surface area contributed by atoms with Crippen LogP contribution in [0.3, 0.4) is 0 Å². The Morgan fingerprint density at radius 1 is 1.40 bits per heavy atom. The van der Waals surface area contributed by atoms with E-state index >= 15 is 0 Å². The molecule has 86 valence electrons. The van der Waals surface area contributed by atoms with Gasteiger partial charge in [-0.05, 0) is 19.8 Å². The molecule has 5 heteroatoms. The average molecular weight is 213 g/mol. The lowest BCUT2D eigenvalue weighted by molar-refractivity contribution is 0.00973. The first-order chi connectivity index (χ1) is 6.88. The number of ether oxygens (including phenoxy) is 1. The summed E-state index contributed by atoms with van der Waals surface area (Å²) in [5.41, 5.74) is 5.36. The Kier molecular flexibility index (Phi) is 3.46. The maximum Gasteiger partial charge on any atom is 0.243 e. The number of nitrogens with zero attached hydrogens (tertiary/aromatic N) is 2. The molecule has 0 spiro atoms. The summed E-state index contributed by atoms with van der Waals surface area (Å²) in [5, 5.41) is 3.87. The largest absolute Gasteiger partial charge is 0.371 e. The molecule has 2 N–H and O–H groups in total. The Morgan fingerprint density at radius 3 is 2.47 bits per heavy atom. The lowest BCUT2D eigenvalue weighted by atomic mass is 10.1. The third-order valence-electron chi connectivity index (χ3n) is 2.49. The van der Waals surface area contributed by atoms with E-state index in [1.807, 2.05) is 27.7 Å². The third kappa shape index (κ3) is 2.54. The highest BCUT2D eigenvalue weighted by molar-refractivity contribution is 5.00. The predicted molar refractivity (Wildman–Crippen MR) is 56.1 cm³/mol. The first-order valence-corrected chi connectivity index (χ1v) is 5.03. The summed E-state index contributed by atoms with van der Waals surface area (Å²) in [4.78, 5) is 4.25. The fourth-order valence-electron chi connectivity index (χ4n) is 0.992. The topological polar surface area (TPSA) is 74.2 Å². The van der Waals surface area contributed by atoms with Gasteiger partial charge in [0.15, 0.2) is 0 Å². The predicted octanol–water partition coefficient (Wildman–Crippen LogP) is 1.61. The third-order valence-corrected chi connectivity index (χ3v) is 2.49. The number of hydrogen-bond donors (Lipinski definition) is 1. The molecule has 1 heterocycles. The van der Waals surface area contributed by atoms with Crippen molar-refractivity contribution in [3.8, 4) is 0 Å². The molecular formula is C10H19N3O2. The summed E-state index contributed by atoms with van der Waals surface area (Å²) < 4.78 is 10.4. The van der Waals surface area contributed by atoms with Gasteiger partial charge in [0.25, 0.3) is 0 Å². The molecule has 0 aliphatic heterocycles. The highest BCUT2D eigenvalue weighted by atomic mass is 16.5. The second-order valence-electron chi connectivity index (χ2n) is 4.44. The molecule has 0 unspecified atom stereocenters. The summed E-state index contributed by atoms with van der Waals surface area (Å²) >= 11 is 0. The molecule has 1 aromatic rings. The molecule has 15 heavy (non-hydrogen) atoms. The number of rotatable bonds is 4. The van der Waals surface area contributed by atoms with Crippen LogP contribution in [0.15, 0.2) is 4.52 Å². The van der Waals surface area contributed by atoms with E-state index in [0.717, 1.165) is 0 Å². The van der Waals surface area contributed by atoms with Crippen molar-refractivity contribution in [1.82, 2.24) is 10.1 Å². The molecule has 5 nitrogen and oxygen atoms in total. The standard InChI is InChI=1S/C10H19N3O2/c1-6(2)7(11)8-12-9(13-15-8)10(3,4)14-5/h6-7H,11H2,1-5H3/t7-/m1/s1. The molecule has 0 aromatic carbocycles. The Morgan fingerprint density at radius 2 is 2.00 bits per heavy atom. The van der Waals surface area contributed by atoms with E-state index in [-0.39, 0.29) is 12.0 Å². The highest BCUT2D eigenvalue weighted by Crippen LogP contribution is 2.23. The van der Waals surface area contributed by atoms with E-state index in [4.69, 9.17) is 15.0 Å². The van der Waals surface area contributed by atoms with E-state index in [2.05, 4.69) is 10.1 Å². The Hall–Kier alpha value is -0.940. The molecule has 0 radical (unpaired) electrons. The van der Waals surface area contributed by atoms with Gasteiger partial charge in [-0.3, -0.25) is 0 Å². The van der Waals surface area contributed by atoms with Crippen molar-refractivity contribution < 1.29 is 9.26 Å². The van der Waals surface area contributed by atoms with Gasteiger partial charge < -0.3 is 15.0 Å². The maximum absolute atomic E-state index is 5.90. The molecule has 0 amide bonds. The van der Waals surface area contributed by atoms with E-state index in [1.165, 1.54) is 0 Å². The van der Waals surface area contributed by atoms with Crippen LogP contribution in [0.1, 0.15) is 45.5 Å². The molecule has 1 rings (SSSR count). The molecule has 0 saturated heterocycles.